The van der Waals surface area contributed by atoms with Gasteiger partial charge in [0, 0.05) is 18.3 Å². The zero-order chi connectivity index (χ0) is 15.2. The maximum absolute atomic E-state index is 12.2. The Kier molecular flexibility index (Phi) is 5.48. The molecule has 2 rings (SSSR count). The third-order valence-electron chi connectivity index (χ3n) is 4.35. The normalized spacial score (nSPS) is 21.8. The second-order valence-corrected chi connectivity index (χ2v) is 6.14. The van der Waals surface area contributed by atoms with Crippen LogP contribution in [0.2, 0.25) is 0 Å². The van der Waals surface area contributed by atoms with E-state index in [1.54, 1.807) is 25.3 Å². The number of nitrogen functional groups attached to an aromatic ring is 1. The maximum Gasteiger partial charge on any atom is 0.255 e. The Bertz CT molecular complexity index is 488. The molecule has 116 valence electrons. The largest absolute Gasteiger partial charge is 0.496 e. The average molecular weight is 290 g/mol. The Hall–Kier alpha value is -1.71. The molecule has 21 heavy (non-hydrogen) atoms. The van der Waals surface area contributed by atoms with Crippen LogP contribution < -0.4 is 15.8 Å². The molecule has 2 unspecified atom stereocenters. The molecular weight excluding hydrogens is 264 g/mol. The Morgan fingerprint density at radius 1 is 1.43 bits per heavy atom. The summed E-state index contributed by atoms with van der Waals surface area (Å²) in [4.78, 5) is 12.2. The third-order valence-corrected chi connectivity index (χ3v) is 4.35. The fourth-order valence-electron chi connectivity index (χ4n) is 3.20. The van der Waals surface area contributed by atoms with Gasteiger partial charge >= 0.3 is 0 Å². The Labute approximate surface area is 127 Å². The minimum absolute atomic E-state index is 0.0873. The predicted octanol–water partition coefficient (Wildman–Crippen LogP) is 3.22. The van der Waals surface area contributed by atoms with Crippen molar-refractivity contribution in [3.63, 3.8) is 0 Å². The fraction of sp³-hybridized carbons (Fsp3) is 0.588. The lowest BCUT2D eigenvalue weighted by Crippen LogP contribution is -2.27. The molecule has 1 aliphatic carbocycles. The lowest BCUT2D eigenvalue weighted by Gasteiger charge is -2.26. The van der Waals surface area contributed by atoms with Crippen molar-refractivity contribution < 1.29 is 9.53 Å². The lowest BCUT2D eigenvalue weighted by molar-refractivity contribution is 0.0946. The van der Waals surface area contributed by atoms with E-state index in [2.05, 4.69) is 12.2 Å². The second kappa shape index (κ2) is 7.34. The molecule has 3 N–H and O–H groups in total. The summed E-state index contributed by atoms with van der Waals surface area (Å²) in [5.41, 5.74) is 6.84. The van der Waals surface area contributed by atoms with Crippen molar-refractivity contribution in [1.29, 1.82) is 0 Å². The molecule has 0 saturated heterocycles. The lowest BCUT2D eigenvalue weighted by atomic mass is 9.81. The van der Waals surface area contributed by atoms with E-state index in [1.165, 1.54) is 25.7 Å². The molecule has 1 fully saturated rings. The molecule has 0 aliphatic heterocycles. The van der Waals surface area contributed by atoms with Gasteiger partial charge < -0.3 is 15.8 Å². The number of carbonyl (C=O) groups excluding carboxylic acids is 1. The van der Waals surface area contributed by atoms with Crippen molar-refractivity contribution in [2.45, 2.75) is 39.0 Å². The SMILES string of the molecule is COc1cc(N)ccc1C(=O)NCCC1CCCC(C)C1. The monoisotopic (exact) mass is 290 g/mol. The minimum atomic E-state index is -0.0873. The topological polar surface area (TPSA) is 64.3 Å². The molecule has 4 heteroatoms. The Morgan fingerprint density at radius 3 is 2.95 bits per heavy atom. The molecule has 1 aromatic rings. The number of anilines is 1. The van der Waals surface area contributed by atoms with Crippen LogP contribution >= 0.6 is 0 Å². The van der Waals surface area contributed by atoms with Gasteiger partial charge in [-0.1, -0.05) is 26.2 Å². The molecule has 0 bridgehead atoms. The molecule has 1 aliphatic rings. The van der Waals surface area contributed by atoms with Crippen molar-refractivity contribution in [3.05, 3.63) is 23.8 Å². The van der Waals surface area contributed by atoms with Gasteiger partial charge in [-0.2, -0.15) is 0 Å². The molecule has 2 atom stereocenters. The van der Waals surface area contributed by atoms with Crippen LogP contribution in [0.4, 0.5) is 5.69 Å². The first-order valence-electron chi connectivity index (χ1n) is 7.82. The van der Waals surface area contributed by atoms with E-state index in [0.717, 1.165) is 24.8 Å². The minimum Gasteiger partial charge on any atom is -0.496 e. The van der Waals surface area contributed by atoms with Gasteiger partial charge in [-0.3, -0.25) is 4.79 Å². The number of carbonyl (C=O) groups is 1. The van der Waals surface area contributed by atoms with Gasteiger partial charge in [0.1, 0.15) is 5.75 Å². The molecule has 0 spiro atoms. The summed E-state index contributed by atoms with van der Waals surface area (Å²) >= 11 is 0. The van der Waals surface area contributed by atoms with E-state index < -0.39 is 0 Å². The third kappa shape index (κ3) is 4.38. The molecule has 0 heterocycles. The van der Waals surface area contributed by atoms with Crippen molar-refractivity contribution in [2.75, 3.05) is 19.4 Å². The van der Waals surface area contributed by atoms with Crippen molar-refractivity contribution in [2.24, 2.45) is 11.8 Å². The van der Waals surface area contributed by atoms with E-state index in [-0.39, 0.29) is 5.91 Å². The van der Waals surface area contributed by atoms with Gasteiger partial charge in [0.05, 0.1) is 12.7 Å². The molecular formula is C17H26N2O2. The highest BCUT2D eigenvalue weighted by Gasteiger charge is 2.19. The Morgan fingerprint density at radius 2 is 2.24 bits per heavy atom. The van der Waals surface area contributed by atoms with Gasteiger partial charge in [0.2, 0.25) is 0 Å². The number of hydrogen-bond acceptors (Lipinski definition) is 3. The summed E-state index contributed by atoms with van der Waals surface area (Å²) in [5, 5.41) is 3.00. The van der Waals surface area contributed by atoms with Gasteiger partial charge in [0.15, 0.2) is 0 Å². The van der Waals surface area contributed by atoms with E-state index in [4.69, 9.17) is 10.5 Å². The van der Waals surface area contributed by atoms with E-state index >= 15 is 0 Å². The first kappa shape index (κ1) is 15.7. The number of amides is 1. The summed E-state index contributed by atoms with van der Waals surface area (Å²) < 4.78 is 5.22. The maximum atomic E-state index is 12.2. The van der Waals surface area contributed by atoms with Crippen LogP contribution in [0.3, 0.4) is 0 Å². The van der Waals surface area contributed by atoms with E-state index in [1.807, 2.05) is 0 Å². The summed E-state index contributed by atoms with van der Waals surface area (Å²) in [6, 6.07) is 5.12. The predicted molar refractivity (Wildman–Crippen MR) is 85.5 cm³/mol. The molecule has 1 amide bonds. The van der Waals surface area contributed by atoms with Crippen LogP contribution in [0, 0.1) is 11.8 Å². The smallest absolute Gasteiger partial charge is 0.255 e. The molecule has 0 radical (unpaired) electrons. The van der Waals surface area contributed by atoms with Crippen LogP contribution in [0.25, 0.3) is 0 Å². The molecule has 1 saturated carbocycles. The molecule has 1 aromatic carbocycles. The van der Waals surface area contributed by atoms with Gasteiger partial charge in [-0.15, -0.1) is 0 Å². The summed E-state index contributed by atoms with van der Waals surface area (Å²) in [5.74, 6) is 2.02. The number of rotatable bonds is 5. The fourth-order valence-corrected chi connectivity index (χ4v) is 3.20. The zero-order valence-electron chi connectivity index (χ0n) is 13.0. The number of ether oxygens (including phenoxy) is 1. The summed E-state index contributed by atoms with van der Waals surface area (Å²) in [6.45, 7) is 3.05. The quantitative estimate of drug-likeness (QED) is 0.818. The average Bonchev–Trinajstić information content (AvgIpc) is 2.47. The number of benzene rings is 1. The highest BCUT2D eigenvalue weighted by molar-refractivity contribution is 5.97. The van der Waals surface area contributed by atoms with Crippen molar-refractivity contribution in [1.82, 2.24) is 5.32 Å². The standard InChI is InChI=1S/C17H26N2O2/c1-12-4-3-5-13(10-12)8-9-19-17(20)15-7-6-14(18)11-16(15)21-2/h6-7,11-13H,3-5,8-10,18H2,1-2H3,(H,19,20). The Balaban J connectivity index is 1.84. The number of methoxy groups -OCH3 is 1. The molecule has 0 aromatic heterocycles. The first-order valence-corrected chi connectivity index (χ1v) is 7.82. The van der Waals surface area contributed by atoms with Crippen molar-refractivity contribution >= 4 is 11.6 Å². The van der Waals surface area contributed by atoms with Crippen LogP contribution in [0.1, 0.15) is 49.4 Å². The van der Waals surface area contributed by atoms with Gasteiger partial charge in [-0.25, -0.2) is 0 Å². The van der Waals surface area contributed by atoms with Crippen LogP contribution in [-0.2, 0) is 0 Å². The summed E-state index contributed by atoms with van der Waals surface area (Å²) in [6.07, 6.45) is 6.33. The highest BCUT2D eigenvalue weighted by atomic mass is 16.5. The first-order chi connectivity index (χ1) is 10.1. The number of hydrogen-bond donors (Lipinski definition) is 2. The molecule has 4 nitrogen and oxygen atoms in total. The van der Waals surface area contributed by atoms with Gasteiger partial charge in [0.25, 0.3) is 5.91 Å². The zero-order valence-corrected chi connectivity index (χ0v) is 13.0. The van der Waals surface area contributed by atoms with Crippen LogP contribution in [0.5, 0.6) is 5.75 Å². The summed E-state index contributed by atoms with van der Waals surface area (Å²) in [7, 11) is 1.55. The van der Waals surface area contributed by atoms with E-state index in [0.29, 0.717) is 17.0 Å². The second-order valence-electron chi connectivity index (χ2n) is 6.14. The van der Waals surface area contributed by atoms with Gasteiger partial charge in [-0.05, 0) is 36.8 Å². The van der Waals surface area contributed by atoms with Crippen LogP contribution in [0.15, 0.2) is 18.2 Å². The highest BCUT2D eigenvalue weighted by Crippen LogP contribution is 2.30. The number of nitrogens with one attached hydrogen (secondary N) is 1. The van der Waals surface area contributed by atoms with Crippen molar-refractivity contribution in [3.8, 4) is 5.75 Å². The number of nitrogens with two attached hydrogens (primary N) is 1. The van der Waals surface area contributed by atoms with Crippen LogP contribution in [-0.4, -0.2) is 19.6 Å². The van der Waals surface area contributed by atoms with E-state index in [9.17, 15) is 4.79 Å².